The van der Waals surface area contributed by atoms with Gasteiger partial charge in [-0.2, -0.15) is 13.2 Å². The second kappa shape index (κ2) is 5.70. The van der Waals surface area contributed by atoms with Gasteiger partial charge in [0.1, 0.15) is 9.84 Å². The Labute approximate surface area is 118 Å². The van der Waals surface area contributed by atoms with Gasteiger partial charge in [-0.3, -0.25) is 0 Å². The van der Waals surface area contributed by atoms with E-state index in [0.717, 1.165) is 18.4 Å². The number of nitrogens with one attached hydrogen (secondary N) is 1. The Hall–Kier alpha value is -0.760. The van der Waals surface area contributed by atoms with Gasteiger partial charge in [-0.1, -0.05) is 0 Å². The van der Waals surface area contributed by atoms with Crippen LogP contribution in [0.5, 0.6) is 0 Å². The van der Waals surface area contributed by atoms with Crippen molar-refractivity contribution in [1.29, 1.82) is 0 Å². The highest BCUT2D eigenvalue weighted by Crippen LogP contribution is 2.34. The van der Waals surface area contributed by atoms with E-state index in [9.17, 15) is 21.6 Å². The molecule has 0 saturated heterocycles. The van der Waals surface area contributed by atoms with Crippen LogP contribution in [0.25, 0.3) is 0 Å². The molecule has 0 amide bonds. The van der Waals surface area contributed by atoms with Crippen LogP contribution < -0.4 is 5.32 Å². The summed E-state index contributed by atoms with van der Waals surface area (Å²) in [5, 5.41) is 2.85. The van der Waals surface area contributed by atoms with Crippen molar-refractivity contribution in [2.24, 2.45) is 0 Å². The number of rotatable bonds is 4. The molecule has 108 valence electrons. The zero-order chi connectivity index (χ0) is 14.8. The minimum atomic E-state index is -4.40. The van der Waals surface area contributed by atoms with Crippen molar-refractivity contribution in [3.05, 3.63) is 28.2 Å². The number of sulfone groups is 1. The molecule has 0 fully saturated rings. The van der Waals surface area contributed by atoms with E-state index in [1.165, 1.54) is 6.07 Å². The van der Waals surface area contributed by atoms with Gasteiger partial charge in [0.25, 0.3) is 0 Å². The van der Waals surface area contributed by atoms with Crippen molar-refractivity contribution in [2.75, 3.05) is 17.3 Å². The quantitative estimate of drug-likeness (QED) is 0.896. The summed E-state index contributed by atoms with van der Waals surface area (Å²) < 4.78 is 59.8. The first-order chi connectivity index (χ1) is 8.49. The molecule has 8 heteroatoms. The van der Waals surface area contributed by atoms with Crippen LogP contribution in [0.1, 0.15) is 12.5 Å². The summed E-state index contributed by atoms with van der Waals surface area (Å²) in [6, 6.07) is 2.77. The van der Waals surface area contributed by atoms with Gasteiger partial charge in [0, 0.05) is 22.5 Å². The largest absolute Gasteiger partial charge is 0.416 e. The van der Waals surface area contributed by atoms with Gasteiger partial charge in [-0.05, 0) is 41.1 Å². The number of benzene rings is 1. The first-order valence-corrected chi connectivity index (χ1v) is 8.15. The van der Waals surface area contributed by atoms with Crippen molar-refractivity contribution in [2.45, 2.75) is 19.1 Å². The lowest BCUT2D eigenvalue weighted by molar-refractivity contribution is -0.137. The Morgan fingerprint density at radius 2 is 1.95 bits per heavy atom. The fourth-order valence-corrected chi connectivity index (χ4v) is 3.05. The maximum atomic E-state index is 12.5. The second-order valence-electron chi connectivity index (χ2n) is 4.33. The zero-order valence-corrected chi connectivity index (χ0v) is 12.7. The highest BCUT2D eigenvalue weighted by atomic mass is 79.9. The molecule has 0 heterocycles. The topological polar surface area (TPSA) is 46.2 Å². The molecule has 0 radical (unpaired) electrons. The van der Waals surface area contributed by atoms with E-state index in [1.54, 1.807) is 6.92 Å². The van der Waals surface area contributed by atoms with Gasteiger partial charge in [-0.25, -0.2) is 8.42 Å². The molecule has 1 aromatic rings. The maximum absolute atomic E-state index is 12.5. The molecule has 1 aromatic carbocycles. The lowest BCUT2D eigenvalue weighted by atomic mass is 10.2. The molecule has 0 bridgehead atoms. The number of alkyl halides is 3. The lowest BCUT2D eigenvalue weighted by Gasteiger charge is -2.16. The van der Waals surface area contributed by atoms with Crippen LogP contribution in [-0.4, -0.2) is 26.5 Å². The molecule has 19 heavy (non-hydrogen) atoms. The highest BCUT2D eigenvalue weighted by Gasteiger charge is 2.30. The number of hydrogen-bond acceptors (Lipinski definition) is 3. The van der Waals surface area contributed by atoms with Crippen molar-refractivity contribution in [3.8, 4) is 0 Å². The average Bonchev–Trinajstić information content (AvgIpc) is 2.16. The third-order valence-electron chi connectivity index (χ3n) is 2.25. The number of anilines is 1. The summed E-state index contributed by atoms with van der Waals surface area (Å²) in [6.45, 7) is 1.64. The molecule has 1 unspecified atom stereocenters. The van der Waals surface area contributed by atoms with E-state index < -0.39 is 27.6 Å². The summed E-state index contributed by atoms with van der Waals surface area (Å²) in [4.78, 5) is 0. The fourth-order valence-electron chi connectivity index (χ4n) is 1.57. The Balaban J connectivity index is 2.87. The Morgan fingerprint density at radius 3 is 2.37 bits per heavy atom. The second-order valence-corrected chi connectivity index (χ2v) is 7.37. The Morgan fingerprint density at radius 1 is 1.37 bits per heavy atom. The van der Waals surface area contributed by atoms with E-state index in [-0.39, 0.29) is 10.2 Å². The molecule has 0 saturated carbocycles. The predicted octanol–water partition coefficient (Wildman–Crippen LogP) is 3.31. The first kappa shape index (κ1) is 16.3. The third kappa shape index (κ3) is 5.40. The minimum absolute atomic E-state index is 0.0968. The molecule has 0 aliphatic carbocycles. The molecule has 0 aliphatic rings. The van der Waals surface area contributed by atoms with E-state index in [1.807, 2.05) is 0 Å². The predicted molar refractivity (Wildman–Crippen MR) is 71.9 cm³/mol. The van der Waals surface area contributed by atoms with Gasteiger partial charge in [0.15, 0.2) is 0 Å². The molecule has 3 nitrogen and oxygen atoms in total. The maximum Gasteiger partial charge on any atom is 0.416 e. The van der Waals surface area contributed by atoms with Crippen LogP contribution in [0, 0.1) is 0 Å². The van der Waals surface area contributed by atoms with E-state index >= 15 is 0 Å². The summed E-state index contributed by atoms with van der Waals surface area (Å²) in [5.41, 5.74) is -0.343. The molecule has 1 rings (SSSR count). The van der Waals surface area contributed by atoms with Gasteiger partial charge in [0.05, 0.1) is 11.3 Å². The molecule has 0 aromatic heterocycles. The SMILES string of the molecule is CC(CS(C)(=O)=O)Nc1ccc(C(F)(F)F)cc1Br. The van der Waals surface area contributed by atoms with Gasteiger partial charge in [0.2, 0.25) is 0 Å². The number of hydrogen-bond donors (Lipinski definition) is 1. The standard InChI is InChI=1S/C11H13BrF3NO2S/c1-7(6-19(2,17)18)16-10-4-3-8(5-9(10)12)11(13,14)15/h3-5,7,16H,6H2,1-2H3. The molecule has 0 aliphatic heterocycles. The molecular weight excluding hydrogens is 347 g/mol. The van der Waals surface area contributed by atoms with Gasteiger partial charge >= 0.3 is 6.18 Å². The third-order valence-corrected chi connectivity index (χ3v) is 4.01. The summed E-state index contributed by atoms with van der Waals surface area (Å²) in [6.07, 6.45) is -3.30. The minimum Gasteiger partial charge on any atom is -0.381 e. The van der Waals surface area contributed by atoms with Crippen LogP contribution in [0.15, 0.2) is 22.7 Å². The molecule has 1 N–H and O–H groups in total. The van der Waals surface area contributed by atoms with E-state index in [0.29, 0.717) is 5.69 Å². The van der Waals surface area contributed by atoms with Crippen LogP contribution >= 0.6 is 15.9 Å². The van der Waals surface area contributed by atoms with Crippen molar-refractivity contribution in [3.63, 3.8) is 0 Å². The van der Waals surface area contributed by atoms with Crippen LogP contribution in [0.2, 0.25) is 0 Å². The van der Waals surface area contributed by atoms with Crippen LogP contribution in [-0.2, 0) is 16.0 Å². The Bertz CT molecular complexity index is 558. The first-order valence-electron chi connectivity index (χ1n) is 5.30. The fraction of sp³-hybridized carbons (Fsp3) is 0.455. The molecule has 1 atom stereocenters. The zero-order valence-electron chi connectivity index (χ0n) is 10.3. The summed E-state index contributed by atoms with van der Waals surface area (Å²) in [7, 11) is -3.15. The molecule has 0 spiro atoms. The average molecular weight is 360 g/mol. The monoisotopic (exact) mass is 359 g/mol. The van der Waals surface area contributed by atoms with E-state index in [2.05, 4.69) is 21.2 Å². The van der Waals surface area contributed by atoms with Crippen LogP contribution in [0.3, 0.4) is 0 Å². The smallest absolute Gasteiger partial charge is 0.381 e. The van der Waals surface area contributed by atoms with Gasteiger partial charge < -0.3 is 5.32 Å². The summed E-state index contributed by atoms with van der Waals surface area (Å²) in [5.74, 6) is -0.0968. The van der Waals surface area contributed by atoms with Crippen molar-refractivity contribution in [1.82, 2.24) is 0 Å². The highest BCUT2D eigenvalue weighted by molar-refractivity contribution is 9.10. The normalized spacial score (nSPS) is 14.2. The summed E-state index contributed by atoms with van der Waals surface area (Å²) >= 11 is 3.04. The molecular formula is C11H13BrF3NO2S. The Kier molecular flexibility index (Phi) is 4.89. The van der Waals surface area contributed by atoms with Crippen molar-refractivity contribution < 1.29 is 21.6 Å². The van der Waals surface area contributed by atoms with E-state index in [4.69, 9.17) is 0 Å². The lowest BCUT2D eigenvalue weighted by Crippen LogP contribution is -2.25. The number of halogens is 4. The van der Waals surface area contributed by atoms with Crippen molar-refractivity contribution >= 4 is 31.5 Å². The van der Waals surface area contributed by atoms with Crippen LogP contribution in [0.4, 0.5) is 18.9 Å². The van der Waals surface area contributed by atoms with Gasteiger partial charge in [-0.15, -0.1) is 0 Å².